The Hall–Kier alpha value is -1.36. The molecular formula is C15H11NS3. The predicted octanol–water partition coefficient (Wildman–Crippen LogP) is 5.58. The number of aromatic nitrogens is 1. The van der Waals surface area contributed by atoms with Crippen LogP contribution < -0.4 is 0 Å². The molecule has 0 atom stereocenters. The Morgan fingerprint density at radius 1 is 0.895 bits per heavy atom. The number of nitrogens with zero attached hydrogens (tertiary/aromatic N) is 1. The van der Waals surface area contributed by atoms with Crippen molar-refractivity contribution in [2.75, 3.05) is 0 Å². The smallest absolute Gasteiger partial charge is 0.110 e. The van der Waals surface area contributed by atoms with E-state index in [1.54, 1.807) is 20.7 Å². The highest BCUT2D eigenvalue weighted by molar-refractivity contribution is 7.80. The molecule has 0 aliphatic heterocycles. The molecule has 0 bridgehead atoms. The molecule has 0 aliphatic carbocycles. The normalized spacial score (nSPS) is 10.6. The number of pyridine rings is 1. The van der Waals surface area contributed by atoms with E-state index in [-0.39, 0.29) is 0 Å². The van der Waals surface area contributed by atoms with Crippen LogP contribution >= 0.6 is 32.9 Å². The minimum atomic E-state index is 0.951. The van der Waals surface area contributed by atoms with Gasteiger partial charge >= 0.3 is 0 Å². The van der Waals surface area contributed by atoms with Crippen molar-refractivity contribution in [3.8, 4) is 21.6 Å². The summed E-state index contributed by atoms with van der Waals surface area (Å²) < 4.78 is 0.951. The second-order valence-corrected chi connectivity index (χ2v) is 7.08. The van der Waals surface area contributed by atoms with E-state index >= 15 is 0 Å². The van der Waals surface area contributed by atoms with Gasteiger partial charge in [0.2, 0.25) is 0 Å². The van der Waals surface area contributed by atoms with Gasteiger partial charge in [-0.05, 0) is 30.2 Å². The van der Waals surface area contributed by atoms with E-state index in [0.717, 1.165) is 15.0 Å². The van der Waals surface area contributed by atoms with Gasteiger partial charge in [0.1, 0.15) is 3.82 Å². The third-order valence-corrected chi connectivity index (χ3v) is 5.98. The van der Waals surface area contributed by atoms with Crippen LogP contribution in [0.2, 0.25) is 0 Å². The highest BCUT2D eigenvalue weighted by atomic mass is 32.9. The van der Waals surface area contributed by atoms with Crippen molar-refractivity contribution in [3.63, 3.8) is 0 Å². The van der Waals surface area contributed by atoms with E-state index in [1.165, 1.54) is 16.0 Å². The van der Waals surface area contributed by atoms with Crippen molar-refractivity contribution >= 4 is 32.9 Å². The molecule has 3 aromatic rings. The molecule has 0 fully saturated rings. The monoisotopic (exact) mass is 301 g/mol. The van der Waals surface area contributed by atoms with Crippen molar-refractivity contribution in [2.24, 2.45) is 0 Å². The summed E-state index contributed by atoms with van der Waals surface area (Å²) in [6, 6.07) is 12.6. The number of rotatable bonds is 2. The fraction of sp³-hybridized carbons (Fsp3) is 0.0667. The molecule has 4 heteroatoms. The molecule has 3 rings (SSSR count). The van der Waals surface area contributed by atoms with Gasteiger partial charge in [-0.15, -0.1) is 0 Å². The van der Waals surface area contributed by atoms with Crippen LogP contribution in [0, 0.1) is 10.7 Å². The van der Waals surface area contributed by atoms with E-state index in [0.29, 0.717) is 0 Å². The molecular weight excluding hydrogens is 290 g/mol. The quantitative estimate of drug-likeness (QED) is 0.453. The Kier molecular flexibility index (Phi) is 3.55. The first-order chi connectivity index (χ1) is 9.25. The van der Waals surface area contributed by atoms with Crippen molar-refractivity contribution < 1.29 is 0 Å². The Labute approximate surface area is 124 Å². The van der Waals surface area contributed by atoms with E-state index in [1.807, 2.05) is 24.5 Å². The van der Waals surface area contributed by atoms with Crippen LogP contribution in [0.25, 0.3) is 21.6 Å². The lowest BCUT2D eigenvalue weighted by molar-refractivity contribution is 1.33. The van der Waals surface area contributed by atoms with Crippen LogP contribution in [0.4, 0.5) is 0 Å². The average Bonchev–Trinajstić information content (AvgIpc) is 2.82. The summed E-state index contributed by atoms with van der Waals surface area (Å²) in [5, 5.41) is 0. The summed E-state index contributed by atoms with van der Waals surface area (Å²) >= 11 is 5.49. The number of benzene rings is 1. The Bertz CT molecular complexity index is 739. The van der Waals surface area contributed by atoms with Gasteiger partial charge in [-0.2, -0.15) is 0 Å². The largest absolute Gasteiger partial charge is 0.265 e. The lowest BCUT2D eigenvalue weighted by Crippen LogP contribution is -1.81. The number of hydrogen-bond acceptors (Lipinski definition) is 4. The van der Waals surface area contributed by atoms with Gasteiger partial charge in [0.15, 0.2) is 0 Å². The van der Waals surface area contributed by atoms with Crippen LogP contribution in [0.1, 0.15) is 5.56 Å². The first-order valence-corrected chi connectivity index (χ1v) is 8.42. The average molecular weight is 301 g/mol. The molecule has 0 saturated carbocycles. The fourth-order valence-corrected chi connectivity index (χ4v) is 4.84. The van der Waals surface area contributed by atoms with Gasteiger partial charge in [0.25, 0.3) is 0 Å². The Morgan fingerprint density at radius 3 is 2.26 bits per heavy atom. The topological polar surface area (TPSA) is 12.9 Å². The first kappa shape index (κ1) is 12.7. The maximum Gasteiger partial charge on any atom is 0.110 e. The highest BCUT2D eigenvalue weighted by Crippen LogP contribution is 2.40. The predicted molar refractivity (Wildman–Crippen MR) is 86.4 cm³/mol. The molecule has 0 radical (unpaired) electrons. The molecule has 94 valence electrons. The molecule has 0 aliphatic rings. The minimum Gasteiger partial charge on any atom is -0.265 e. The summed E-state index contributed by atoms with van der Waals surface area (Å²) in [4.78, 5) is 5.32. The maximum absolute atomic E-state index is 5.49. The molecule has 1 nitrogen and oxygen atoms in total. The lowest BCUT2D eigenvalue weighted by atomic mass is 10.0. The molecule has 0 saturated heterocycles. The first-order valence-electron chi connectivity index (χ1n) is 5.86. The fourth-order valence-electron chi connectivity index (χ4n) is 1.92. The highest BCUT2D eigenvalue weighted by Gasteiger charge is 2.12. The van der Waals surface area contributed by atoms with Gasteiger partial charge in [-0.1, -0.05) is 62.7 Å². The van der Waals surface area contributed by atoms with E-state index in [2.05, 4.69) is 36.2 Å². The second kappa shape index (κ2) is 5.33. The molecule has 0 N–H and O–H groups in total. The number of aryl methyl sites for hydroxylation is 1. The summed E-state index contributed by atoms with van der Waals surface area (Å²) in [5.74, 6) is 0. The third-order valence-electron chi connectivity index (χ3n) is 2.91. The molecule has 0 spiro atoms. The van der Waals surface area contributed by atoms with Crippen molar-refractivity contribution in [1.82, 2.24) is 4.98 Å². The zero-order chi connectivity index (χ0) is 13.2. The standard InChI is InChI=1S/C15H11NS3/c1-10-2-4-12(5-3-10)14-13(15(17)19-18-14)11-6-8-16-9-7-11/h2-9H,1H3. The van der Waals surface area contributed by atoms with Crippen LogP contribution in [0.3, 0.4) is 0 Å². The zero-order valence-corrected chi connectivity index (χ0v) is 12.7. The van der Waals surface area contributed by atoms with E-state index in [4.69, 9.17) is 12.2 Å². The summed E-state index contributed by atoms with van der Waals surface area (Å²) in [5.41, 5.74) is 4.81. The Morgan fingerprint density at radius 2 is 1.58 bits per heavy atom. The van der Waals surface area contributed by atoms with Gasteiger partial charge in [-0.3, -0.25) is 4.98 Å². The van der Waals surface area contributed by atoms with Crippen LogP contribution in [0.5, 0.6) is 0 Å². The van der Waals surface area contributed by atoms with Crippen LogP contribution in [-0.2, 0) is 0 Å². The lowest BCUT2D eigenvalue weighted by Gasteiger charge is -2.04. The van der Waals surface area contributed by atoms with Crippen molar-refractivity contribution in [3.05, 3.63) is 58.2 Å². The van der Waals surface area contributed by atoms with E-state index in [9.17, 15) is 0 Å². The zero-order valence-electron chi connectivity index (χ0n) is 10.3. The van der Waals surface area contributed by atoms with E-state index < -0.39 is 0 Å². The second-order valence-electron chi connectivity index (χ2n) is 4.26. The van der Waals surface area contributed by atoms with Crippen molar-refractivity contribution in [2.45, 2.75) is 6.92 Å². The molecule has 0 unspecified atom stereocenters. The molecule has 2 aromatic heterocycles. The third kappa shape index (κ3) is 2.52. The summed E-state index contributed by atoms with van der Waals surface area (Å²) in [6.07, 6.45) is 3.62. The van der Waals surface area contributed by atoms with Crippen LogP contribution in [-0.4, -0.2) is 4.98 Å². The van der Waals surface area contributed by atoms with Gasteiger partial charge < -0.3 is 0 Å². The molecule has 19 heavy (non-hydrogen) atoms. The summed E-state index contributed by atoms with van der Waals surface area (Å²) in [6.45, 7) is 2.10. The van der Waals surface area contributed by atoms with Crippen LogP contribution in [0.15, 0.2) is 48.8 Å². The van der Waals surface area contributed by atoms with Gasteiger partial charge in [0, 0.05) is 18.0 Å². The summed E-state index contributed by atoms with van der Waals surface area (Å²) in [7, 11) is 3.41. The van der Waals surface area contributed by atoms with Gasteiger partial charge in [0.05, 0.1) is 4.88 Å². The van der Waals surface area contributed by atoms with Gasteiger partial charge in [-0.25, -0.2) is 0 Å². The molecule has 1 aromatic carbocycles. The Balaban J connectivity index is 2.19. The molecule has 2 heterocycles. The molecule has 0 amide bonds. The SMILES string of the molecule is Cc1ccc(-c2ssc(=S)c2-c2ccncc2)cc1. The number of hydrogen-bond donors (Lipinski definition) is 0. The maximum atomic E-state index is 5.49. The van der Waals surface area contributed by atoms with Crippen molar-refractivity contribution in [1.29, 1.82) is 0 Å². The minimum absolute atomic E-state index is 0.951.